The van der Waals surface area contributed by atoms with E-state index in [0.717, 1.165) is 23.4 Å². The van der Waals surface area contributed by atoms with E-state index in [1.54, 1.807) is 14.2 Å². The van der Waals surface area contributed by atoms with Crippen molar-refractivity contribution in [3.05, 3.63) is 34.3 Å². The highest BCUT2D eigenvalue weighted by Crippen LogP contribution is 2.13. The van der Waals surface area contributed by atoms with Gasteiger partial charge in [-0.3, -0.25) is 0 Å². The number of benzene rings is 1. The van der Waals surface area contributed by atoms with Crippen LogP contribution < -0.4 is 0 Å². The van der Waals surface area contributed by atoms with Gasteiger partial charge in [0, 0.05) is 18.7 Å². The first-order valence-corrected chi connectivity index (χ1v) is 7.61. The zero-order valence-corrected chi connectivity index (χ0v) is 11.9. The van der Waals surface area contributed by atoms with Crippen LogP contribution in [0, 0.1) is 0 Å². The Balaban J connectivity index is 2.28. The van der Waals surface area contributed by atoms with Crippen molar-refractivity contribution in [2.75, 3.05) is 14.2 Å². The van der Waals surface area contributed by atoms with Crippen LogP contribution in [0.3, 0.4) is 0 Å². The van der Waals surface area contributed by atoms with Crippen LogP contribution in [-0.2, 0) is 15.3 Å². The van der Waals surface area contributed by atoms with Gasteiger partial charge in [-0.2, -0.15) is 0 Å². The molecular formula is C11H17BrO2Si. The Hall–Kier alpha value is -0.163. The topological polar surface area (TPSA) is 18.5 Å². The van der Waals surface area contributed by atoms with Gasteiger partial charge in [-0.15, -0.1) is 0 Å². The Morgan fingerprint density at radius 2 is 1.73 bits per heavy atom. The predicted octanol–water partition coefficient (Wildman–Crippen LogP) is 2.90. The van der Waals surface area contributed by atoms with Crippen LogP contribution >= 0.6 is 15.9 Å². The van der Waals surface area contributed by atoms with Gasteiger partial charge in [0.2, 0.25) is 0 Å². The maximum Gasteiger partial charge on any atom is 0.320 e. The van der Waals surface area contributed by atoms with Gasteiger partial charge < -0.3 is 8.85 Å². The molecular weight excluding hydrogens is 272 g/mol. The largest absolute Gasteiger partial charge is 0.400 e. The van der Waals surface area contributed by atoms with E-state index >= 15 is 0 Å². The minimum Gasteiger partial charge on any atom is -0.400 e. The molecule has 4 heteroatoms. The molecule has 0 bridgehead atoms. The first kappa shape index (κ1) is 12.9. The lowest BCUT2D eigenvalue weighted by molar-refractivity contribution is 0.276. The summed E-state index contributed by atoms with van der Waals surface area (Å²) in [6.07, 6.45) is 2.24. The van der Waals surface area contributed by atoms with Gasteiger partial charge in [-0.05, 0) is 36.6 Å². The van der Waals surface area contributed by atoms with Crippen molar-refractivity contribution in [2.24, 2.45) is 0 Å². The average molecular weight is 289 g/mol. The third-order valence-corrected chi connectivity index (χ3v) is 4.80. The van der Waals surface area contributed by atoms with Crippen molar-refractivity contribution >= 4 is 25.2 Å². The van der Waals surface area contributed by atoms with E-state index in [1.807, 2.05) is 0 Å². The van der Waals surface area contributed by atoms with Gasteiger partial charge in [0.05, 0.1) is 0 Å². The molecule has 2 nitrogen and oxygen atoms in total. The van der Waals surface area contributed by atoms with Crippen molar-refractivity contribution in [3.63, 3.8) is 0 Å². The highest BCUT2D eigenvalue weighted by Gasteiger charge is 2.08. The molecule has 84 valence electrons. The number of halogens is 1. The molecule has 0 N–H and O–H groups in total. The summed E-state index contributed by atoms with van der Waals surface area (Å²) in [5.41, 5.74) is 1.37. The molecule has 15 heavy (non-hydrogen) atoms. The van der Waals surface area contributed by atoms with Crippen molar-refractivity contribution < 1.29 is 8.85 Å². The summed E-state index contributed by atoms with van der Waals surface area (Å²) in [6.45, 7) is 0. The third-order valence-electron chi connectivity index (χ3n) is 2.34. The van der Waals surface area contributed by atoms with Gasteiger partial charge in [-0.25, -0.2) is 0 Å². The number of aryl methyl sites for hydroxylation is 1. The molecule has 1 rings (SSSR count). The maximum absolute atomic E-state index is 5.27. The van der Waals surface area contributed by atoms with Gasteiger partial charge in [0.15, 0.2) is 0 Å². The number of hydrogen-bond donors (Lipinski definition) is 0. The van der Waals surface area contributed by atoms with Crippen LogP contribution in [0.1, 0.15) is 12.0 Å². The predicted molar refractivity (Wildman–Crippen MR) is 68.4 cm³/mol. The Kier molecular flexibility index (Phi) is 6.17. The van der Waals surface area contributed by atoms with Crippen LogP contribution in [0.2, 0.25) is 6.04 Å². The smallest absolute Gasteiger partial charge is 0.320 e. The fourth-order valence-corrected chi connectivity index (χ4v) is 2.92. The zero-order chi connectivity index (χ0) is 11.1. The summed E-state index contributed by atoms with van der Waals surface area (Å²) in [5, 5.41) is 0. The van der Waals surface area contributed by atoms with E-state index in [4.69, 9.17) is 8.85 Å². The summed E-state index contributed by atoms with van der Waals surface area (Å²) in [4.78, 5) is 0. The van der Waals surface area contributed by atoms with Crippen LogP contribution in [0.25, 0.3) is 0 Å². The van der Waals surface area contributed by atoms with Crippen molar-refractivity contribution in [1.82, 2.24) is 0 Å². The molecule has 1 aromatic rings. The minimum absolute atomic E-state index is 1.07. The molecule has 0 saturated heterocycles. The van der Waals surface area contributed by atoms with Gasteiger partial charge >= 0.3 is 9.28 Å². The van der Waals surface area contributed by atoms with E-state index in [1.165, 1.54) is 5.56 Å². The monoisotopic (exact) mass is 288 g/mol. The first-order chi connectivity index (χ1) is 7.26. The lowest BCUT2D eigenvalue weighted by Crippen LogP contribution is -2.18. The van der Waals surface area contributed by atoms with E-state index < -0.39 is 9.28 Å². The van der Waals surface area contributed by atoms with E-state index in [9.17, 15) is 0 Å². The average Bonchev–Trinajstić information content (AvgIpc) is 2.27. The first-order valence-electron chi connectivity index (χ1n) is 5.06. The zero-order valence-electron chi connectivity index (χ0n) is 9.20. The summed E-state index contributed by atoms with van der Waals surface area (Å²) < 4.78 is 11.7. The van der Waals surface area contributed by atoms with Crippen molar-refractivity contribution in [2.45, 2.75) is 18.9 Å². The molecule has 0 fully saturated rings. The lowest BCUT2D eigenvalue weighted by Gasteiger charge is -2.10. The molecule has 0 heterocycles. The molecule has 0 unspecified atom stereocenters. The molecule has 0 aliphatic rings. The molecule has 0 spiro atoms. The highest BCUT2D eigenvalue weighted by molar-refractivity contribution is 9.10. The maximum atomic E-state index is 5.27. The normalized spacial score (nSPS) is 10.9. The Bertz CT molecular complexity index is 272. The summed E-state index contributed by atoms with van der Waals surface area (Å²) in [5.74, 6) is 0. The second kappa shape index (κ2) is 7.17. The minimum atomic E-state index is -1.35. The second-order valence-electron chi connectivity index (χ2n) is 3.42. The molecule has 0 saturated carbocycles. The number of rotatable bonds is 6. The van der Waals surface area contributed by atoms with E-state index in [2.05, 4.69) is 40.2 Å². The van der Waals surface area contributed by atoms with Gasteiger partial charge in [0.25, 0.3) is 0 Å². The van der Waals surface area contributed by atoms with Crippen LogP contribution in [0.15, 0.2) is 28.7 Å². The van der Waals surface area contributed by atoms with E-state index in [0.29, 0.717) is 0 Å². The highest BCUT2D eigenvalue weighted by atomic mass is 79.9. The van der Waals surface area contributed by atoms with Gasteiger partial charge in [0.1, 0.15) is 0 Å². The Morgan fingerprint density at radius 1 is 1.13 bits per heavy atom. The van der Waals surface area contributed by atoms with Crippen LogP contribution in [-0.4, -0.2) is 23.5 Å². The number of hydrogen-bond acceptors (Lipinski definition) is 2. The summed E-state index contributed by atoms with van der Waals surface area (Å²) in [7, 11) is 2.12. The summed E-state index contributed by atoms with van der Waals surface area (Å²) in [6, 6.07) is 9.54. The Labute approximate surface area is 102 Å². The fraction of sp³-hybridized carbons (Fsp3) is 0.455. The van der Waals surface area contributed by atoms with Crippen LogP contribution in [0.4, 0.5) is 0 Å². The third kappa shape index (κ3) is 4.93. The van der Waals surface area contributed by atoms with Gasteiger partial charge in [-0.1, -0.05) is 28.1 Å². The molecule has 0 amide bonds. The molecule has 0 aliphatic carbocycles. The molecule has 1 aromatic carbocycles. The Morgan fingerprint density at radius 3 is 2.27 bits per heavy atom. The summed E-state index contributed by atoms with van der Waals surface area (Å²) >= 11 is 3.43. The molecule has 0 aliphatic heterocycles. The second-order valence-corrected chi connectivity index (χ2v) is 6.71. The fourth-order valence-electron chi connectivity index (χ4n) is 1.46. The van der Waals surface area contributed by atoms with Crippen molar-refractivity contribution in [3.8, 4) is 0 Å². The molecule has 0 aromatic heterocycles. The quantitative estimate of drug-likeness (QED) is 0.750. The van der Waals surface area contributed by atoms with Crippen LogP contribution in [0.5, 0.6) is 0 Å². The molecule has 0 atom stereocenters. The molecule has 0 radical (unpaired) electrons. The lowest BCUT2D eigenvalue weighted by atomic mass is 10.1. The van der Waals surface area contributed by atoms with Crippen molar-refractivity contribution in [1.29, 1.82) is 0 Å². The SMILES string of the molecule is CO[SiH](CCCc1ccc(Br)cc1)OC. The van der Waals surface area contributed by atoms with E-state index in [-0.39, 0.29) is 0 Å². The standard InChI is InChI=1S/C11H17BrO2Si/c1-13-15(14-2)9-3-4-10-5-7-11(12)8-6-10/h5-8,15H,3-4,9H2,1-2H3.